The molecule has 0 aromatic carbocycles. The van der Waals surface area contributed by atoms with Crippen LogP contribution >= 0.6 is 0 Å². The number of ether oxygens (including phenoxy) is 1. The van der Waals surface area contributed by atoms with E-state index in [2.05, 4.69) is 19.2 Å². The molecule has 0 spiro atoms. The zero-order valence-corrected chi connectivity index (χ0v) is 11.1. The summed E-state index contributed by atoms with van der Waals surface area (Å²) >= 11 is 0. The number of hydrogen-bond acceptors (Lipinski definition) is 2. The lowest BCUT2D eigenvalue weighted by molar-refractivity contribution is -0.00383. The molecule has 0 aromatic heterocycles. The first-order valence-electron chi connectivity index (χ1n) is 7.21. The molecule has 1 aliphatic heterocycles. The Balaban J connectivity index is 2.02. The summed E-state index contributed by atoms with van der Waals surface area (Å²) in [6.07, 6.45) is 11.1. The smallest absolute Gasteiger partial charge is 0.0590 e. The SMILES string of the molecule is CCCCCCCC1CC(NCC)CCO1. The number of nitrogens with one attached hydrogen (secondary N) is 1. The van der Waals surface area contributed by atoms with Crippen LogP contribution in [0.25, 0.3) is 0 Å². The summed E-state index contributed by atoms with van der Waals surface area (Å²) in [5, 5.41) is 3.55. The maximum absolute atomic E-state index is 5.82. The minimum Gasteiger partial charge on any atom is -0.378 e. The van der Waals surface area contributed by atoms with Crippen molar-refractivity contribution in [2.75, 3.05) is 13.2 Å². The summed E-state index contributed by atoms with van der Waals surface area (Å²) < 4.78 is 5.82. The third-order valence-electron chi connectivity index (χ3n) is 3.49. The van der Waals surface area contributed by atoms with Crippen LogP contribution in [0.3, 0.4) is 0 Å². The van der Waals surface area contributed by atoms with Crippen molar-refractivity contribution in [3.8, 4) is 0 Å². The van der Waals surface area contributed by atoms with E-state index in [1.165, 1.54) is 51.4 Å². The first kappa shape index (κ1) is 14.0. The van der Waals surface area contributed by atoms with Crippen molar-refractivity contribution in [3.05, 3.63) is 0 Å². The lowest BCUT2D eigenvalue weighted by atomic mass is 9.98. The number of rotatable bonds is 8. The van der Waals surface area contributed by atoms with Gasteiger partial charge < -0.3 is 10.1 Å². The van der Waals surface area contributed by atoms with Crippen LogP contribution in [-0.4, -0.2) is 25.3 Å². The molecule has 0 bridgehead atoms. The molecule has 1 aliphatic rings. The molecular formula is C14H29NO. The third kappa shape index (κ3) is 5.86. The minimum absolute atomic E-state index is 0.527. The highest BCUT2D eigenvalue weighted by molar-refractivity contribution is 4.76. The van der Waals surface area contributed by atoms with Crippen LogP contribution in [-0.2, 0) is 4.74 Å². The lowest BCUT2D eigenvalue weighted by Gasteiger charge is -2.30. The van der Waals surface area contributed by atoms with Crippen molar-refractivity contribution in [1.29, 1.82) is 0 Å². The van der Waals surface area contributed by atoms with Gasteiger partial charge in [-0.2, -0.15) is 0 Å². The van der Waals surface area contributed by atoms with E-state index < -0.39 is 0 Å². The summed E-state index contributed by atoms with van der Waals surface area (Å²) in [5.41, 5.74) is 0. The molecule has 1 fully saturated rings. The Hall–Kier alpha value is -0.0800. The van der Waals surface area contributed by atoms with E-state index in [9.17, 15) is 0 Å². The Bertz CT molecular complexity index is 159. The number of hydrogen-bond donors (Lipinski definition) is 1. The largest absolute Gasteiger partial charge is 0.378 e. The van der Waals surface area contributed by atoms with Gasteiger partial charge in [0.05, 0.1) is 6.10 Å². The number of unbranched alkanes of at least 4 members (excludes halogenated alkanes) is 4. The Morgan fingerprint density at radius 2 is 1.94 bits per heavy atom. The second-order valence-electron chi connectivity index (χ2n) is 4.97. The summed E-state index contributed by atoms with van der Waals surface area (Å²) in [6, 6.07) is 0.708. The van der Waals surface area contributed by atoms with Crippen LogP contribution in [0.2, 0.25) is 0 Å². The molecule has 1 heterocycles. The minimum atomic E-state index is 0.527. The highest BCUT2D eigenvalue weighted by Gasteiger charge is 2.21. The van der Waals surface area contributed by atoms with E-state index in [0.717, 1.165) is 13.2 Å². The van der Waals surface area contributed by atoms with E-state index in [0.29, 0.717) is 12.1 Å². The monoisotopic (exact) mass is 227 g/mol. The average molecular weight is 227 g/mol. The Labute approximate surface area is 101 Å². The predicted octanol–water partition coefficient (Wildman–Crippen LogP) is 3.50. The topological polar surface area (TPSA) is 21.3 Å². The molecular weight excluding hydrogens is 198 g/mol. The molecule has 0 amide bonds. The van der Waals surface area contributed by atoms with Crippen LogP contribution < -0.4 is 5.32 Å². The normalized spacial score (nSPS) is 25.9. The standard InChI is InChI=1S/C14H29NO/c1-3-5-6-7-8-9-14-12-13(15-4-2)10-11-16-14/h13-15H,3-12H2,1-2H3. The van der Waals surface area contributed by atoms with Gasteiger partial charge in [0, 0.05) is 12.6 Å². The molecule has 0 saturated carbocycles. The van der Waals surface area contributed by atoms with Crippen molar-refractivity contribution >= 4 is 0 Å². The first-order chi connectivity index (χ1) is 7.86. The van der Waals surface area contributed by atoms with Gasteiger partial charge in [0.2, 0.25) is 0 Å². The van der Waals surface area contributed by atoms with Gasteiger partial charge in [0.1, 0.15) is 0 Å². The van der Waals surface area contributed by atoms with Gasteiger partial charge in [0.15, 0.2) is 0 Å². The molecule has 2 atom stereocenters. The summed E-state index contributed by atoms with van der Waals surface area (Å²) in [4.78, 5) is 0. The molecule has 16 heavy (non-hydrogen) atoms. The van der Waals surface area contributed by atoms with Gasteiger partial charge in [-0.25, -0.2) is 0 Å². The molecule has 96 valence electrons. The van der Waals surface area contributed by atoms with E-state index in [-0.39, 0.29) is 0 Å². The van der Waals surface area contributed by atoms with E-state index in [1.54, 1.807) is 0 Å². The zero-order valence-electron chi connectivity index (χ0n) is 11.1. The van der Waals surface area contributed by atoms with Gasteiger partial charge in [-0.1, -0.05) is 46.0 Å². The van der Waals surface area contributed by atoms with Crippen molar-refractivity contribution in [2.24, 2.45) is 0 Å². The first-order valence-corrected chi connectivity index (χ1v) is 7.21. The third-order valence-corrected chi connectivity index (χ3v) is 3.49. The summed E-state index contributed by atoms with van der Waals surface area (Å²) in [5.74, 6) is 0. The van der Waals surface area contributed by atoms with Crippen LogP contribution in [0.1, 0.15) is 65.2 Å². The van der Waals surface area contributed by atoms with Gasteiger partial charge >= 0.3 is 0 Å². The molecule has 0 aromatic rings. The second kappa shape index (κ2) is 9.00. The van der Waals surface area contributed by atoms with Gasteiger partial charge in [-0.3, -0.25) is 0 Å². The molecule has 0 radical (unpaired) electrons. The predicted molar refractivity (Wildman–Crippen MR) is 69.8 cm³/mol. The molecule has 0 aliphatic carbocycles. The van der Waals surface area contributed by atoms with Crippen molar-refractivity contribution in [3.63, 3.8) is 0 Å². The fraction of sp³-hybridized carbons (Fsp3) is 1.00. The maximum Gasteiger partial charge on any atom is 0.0590 e. The average Bonchev–Trinajstić information content (AvgIpc) is 2.30. The van der Waals surface area contributed by atoms with Crippen LogP contribution in [0.5, 0.6) is 0 Å². The van der Waals surface area contributed by atoms with E-state index in [1.807, 2.05) is 0 Å². The maximum atomic E-state index is 5.82. The highest BCUT2D eigenvalue weighted by atomic mass is 16.5. The molecule has 2 heteroatoms. The summed E-state index contributed by atoms with van der Waals surface area (Å²) in [6.45, 7) is 6.51. The van der Waals surface area contributed by atoms with Gasteiger partial charge in [0.25, 0.3) is 0 Å². The van der Waals surface area contributed by atoms with E-state index in [4.69, 9.17) is 4.74 Å². The quantitative estimate of drug-likeness (QED) is 0.641. The Kier molecular flexibility index (Phi) is 7.87. The van der Waals surface area contributed by atoms with E-state index >= 15 is 0 Å². The zero-order chi connectivity index (χ0) is 11.6. The van der Waals surface area contributed by atoms with Crippen LogP contribution in [0.4, 0.5) is 0 Å². The van der Waals surface area contributed by atoms with Crippen molar-refractivity contribution in [2.45, 2.75) is 77.4 Å². The molecule has 2 nitrogen and oxygen atoms in total. The van der Waals surface area contributed by atoms with Crippen LogP contribution in [0, 0.1) is 0 Å². The molecule has 2 unspecified atom stereocenters. The second-order valence-corrected chi connectivity index (χ2v) is 4.97. The van der Waals surface area contributed by atoms with Crippen molar-refractivity contribution in [1.82, 2.24) is 5.32 Å². The van der Waals surface area contributed by atoms with Gasteiger partial charge in [-0.05, 0) is 25.8 Å². The Morgan fingerprint density at radius 1 is 1.12 bits per heavy atom. The molecule has 1 saturated heterocycles. The lowest BCUT2D eigenvalue weighted by Crippen LogP contribution is -2.38. The van der Waals surface area contributed by atoms with Gasteiger partial charge in [-0.15, -0.1) is 0 Å². The summed E-state index contributed by atoms with van der Waals surface area (Å²) in [7, 11) is 0. The fourth-order valence-corrected chi connectivity index (χ4v) is 2.53. The molecule has 1 N–H and O–H groups in total. The Morgan fingerprint density at radius 3 is 2.69 bits per heavy atom. The van der Waals surface area contributed by atoms with Crippen LogP contribution in [0.15, 0.2) is 0 Å². The fourth-order valence-electron chi connectivity index (χ4n) is 2.53. The highest BCUT2D eigenvalue weighted by Crippen LogP contribution is 2.19. The molecule has 1 rings (SSSR count). The van der Waals surface area contributed by atoms with Crippen molar-refractivity contribution < 1.29 is 4.74 Å².